The fourth-order valence-electron chi connectivity index (χ4n) is 1.76. The van der Waals surface area contributed by atoms with Crippen molar-refractivity contribution < 1.29 is 14.0 Å². The van der Waals surface area contributed by atoms with Crippen LogP contribution < -0.4 is 20.8 Å². The lowest BCUT2D eigenvalue weighted by molar-refractivity contribution is 0.174. The van der Waals surface area contributed by atoms with Crippen LogP contribution in [0.25, 0.3) is 0 Å². The van der Waals surface area contributed by atoms with E-state index >= 15 is 0 Å². The lowest BCUT2D eigenvalue weighted by atomic mass is 10.1. The van der Waals surface area contributed by atoms with Crippen molar-refractivity contribution in [2.75, 3.05) is 12.5 Å². The van der Waals surface area contributed by atoms with Gasteiger partial charge in [-0.2, -0.15) is 0 Å². The monoisotopic (exact) mass is 234 g/mol. The van der Waals surface area contributed by atoms with Crippen molar-refractivity contribution in [3.05, 3.63) is 39.7 Å². The Kier molecular flexibility index (Phi) is 2.07. The first-order chi connectivity index (χ1) is 8.24. The molecule has 0 spiro atoms. The quantitative estimate of drug-likeness (QED) is 0.804. The fraction of sp³-hybridized carbons (Fsp3) is 0.182. The van der Waals surface area contributed by atoms with Crippen molar-refractivity contribution in [1.29, 1.82) is 0 Å². The zero-order chi connectivity index (χ0) is 11.8. The second kappa shape index (κ2) is 3.58. The molecule has 1 aromatic heterocycles. The van der Waals surface area contributed by atoms with Crippen LogP contribution in [0.5, 0.6) is 11.5 Å². The van der Waals surface area contributed by atoms with Gasteiger partial charge in [0.25, 0.3) is 0 Å². The maximum Gasteiger partial charge on any atom is 0.362 e. The van der Waals surface area contributed by atoms with Gasteiger partial charge in [-0.25, -0.2) is 9.95 Å². The van der Waals surface area contributed by atoms with E-state index < -0.39 is 5.63 Å². The second-order valence-corrected chi connectivity index (χ2v) is 3.75. The Bertz CT molecular complexity index is 614. The van der Waals surface area contributed by atoms with Crippen LogP contribution in [0.2, 0.25) is 0 Å². The molecule has 3 N–H and O–H groups in total. The molecule has 2 aromatic rings. The van der Waals surface area contributed by atoms with Gasteiger partial charge in [-0.1, -0.05) is 6.07 Å². The fourth-order valence-corrected chi connectivity index (χ4v) is 1.76. The Morgan fingerprint density at radius 2 is 2.12 bits per heavy atom. The molecule has 3 rings (SSSR count). The van der Waals surface area contributed by atoms with Gasteiger partial charge in [0, 0.05) is 6.42 Å². The normalized spacial score (nSPS) is 12.9. The zero-order valence-electron chi connectivity index (χ0n) is 8.86. The van der Waals surface area contributed by atoms with E-state index in [2.05, 4.69) is 9.68 Å². The molecule has 0 amide bonds. The molecular weight excluding hydrogens is 224 g/mol. The number of hydrogen-bond donors (Lipinski definition) is 2. The van der Waals surface area contributed by atoms with Crippen molar-refractivity contribution in [2.24, 2.45) is 0 Å². The van der Waals surface area contributed by atoms with Gasteiger partial charge >= 0.3 is 5.63 Å². The highest BCUT2D eigenvalue weighted by molar-refractivity contribution is 5.47. The lowest BCUT2D eigenvalue weighted by Crippen LogP contribution is -2.04. The van der Waals surface area contributed by atoms with Crippen LogP contribution in [0.3, 0.4) is 0 Å². The summed E-state index contributed by atoms with van der Waals surface area (Å²) in [6.07, 6.45) is 0.397. The predicted octanol–water partition coefficient (Wildman–Crippen LogP) is 0.870. The van der Waals surface area contributed by atoms with Gasteiger partial charge in [0.15, 0.2) is 11.5 Å². The molecule has 88 valence electrons. The Balaban J connectivity index is 1.94. The minimum atomic E-state index is -0.444. The summed E-state index contributed by atoms with van der Waals surface area (Å²) in [5, 5.41) is 2.34. The number of ether oxygens (including phenoxy) is 2. The standard InChI is InChI=1S/C11H10N2O4/c12-10-7(11(14)17-13-10)3-6-1-2-8-9(4-6)16-5-15-8/h1-2,4,13H,3,5,12H2. The van der Waals surface area contributed by atoms with Crippen LogP contribution in [0, 0.1) is 0 Å². The van der Waals surface area contributed by atoms with Crippen molar-refractivity contribution in [3.8, 4) is 11.5 Å². The third-order valence-electron chi connectivity index (χ3n) is 2.64. The molecule has 0 aliphatic carbocycles. The summed E-state index contributed by atoms with van der Waals surface area (Å²) in [7, 11) is 0. The Hall–Kier alpha value is -2.37. The molecular formula is C11H10N2O4. The highest BCUT2D eigenvalue weighted by Gasteiger charge is 2.15. The van der Waals surface area contributed by atoms with Gasteiger partial charge in [-0.05, 0) is 17.7 Å². The van der Waals surface area contributed by atoms with Crippen molar-refractivity contribution >= 4 is 5.82 Å². The maximum atomic E-state index is 11.3. The molecule has 0 unspecified atom stereocenters. The molecule has 0 bridgehead atoms. The van der Waals surface area contributed by atoms with E-state index in [9.17, 15) is 4.79 Å². The van der Waals surface area contributed by atoms with Crippen LogP contribution in [0.1, 0.15) is 11.1 Å². The number of anilines is 1. The van der Waals surface area contributed by atoms with Crippen LogP contribution in [0.4, 0.5) is 5.82 Å². The number of nitrogen functional groups attached to an aromatic ring is 1. The lowest BCUT2D eigenvalue weighted by Gasteiger charge is -2.01. The largest absolute Gasteiger partial charge is 0.454 e. The average molecular weight is 234 g/mol. The number of H-pyrrole nitrogens is 1. The van der Waals surface area contributed by atoms with Gasteiger partial charge in [-0.15, -0.1) is 0 Å². The first-order valence-corrected chi connectivity index (χ1v) is 5.08. The second-order valence-electron chi connectivity index (χ2n) is 3.75. The number of aromatic nitrogens is 1. The number of fused-ring (bicyclic) bond motifs is 1. The molecule has 17 heavy (non-hydrogen) atoms. The smallest absolute Gasteiger partial charge is 0.362 e. The summed E-state index contributed by atoms with van der Waals surface area (Å²) in [6.45, 7) is 0.229. The zero-order valence-corrected chi connectivity index (χ0v) is 8.86. The molecule has 1 aliphatic rings. The molecule has 0 atom stereocenters. The van der Waals surface area contributed by atoms with Crippen molar-refractivity contribution in [1.82, 2.24) is 5.16 Å². The van der Waals surface area contributed by atoms with E-state index in [-0.39, 0.29) is 12.6 Å². The van der Waals surface area contributed by atoms with Crippen LogP contribution in [0.15, 0.2) is 27.5 Å². The number of nitrogens with two attached hydrogens (primary N) is 1. The number of benzene rings is 1. The summed E-state index contributed by atoms with van der Waals surface area (Å²) in [5.41, 5.74) is 6.48. The molecule has 6 nitrogen and oxygen atoms in total. The first kappa shape index (κ1) is 9.83. The van der Waals surface area contributed by atoms with E-state index in [0.29, 0.717) is 23.5 Å². The molecule has 0 radical (unpaired) electrons. The number of hydrogen-bond acceptors (Lipinski definition) is 5. The SMILES string of the molecule is Nc1[nH]oc(=O)c1Cc1ccc2c(c1)OCO2. The molecule has 0 saturated heterocycles. The van der Waals surface area contributed by atoms with Crippen LogP contribution in [-0.2, 0) is 6.42 Å². The third kappa shape index (κ3) is 1.63. The number of aromatic amines is 1. The summed E-state index contributed by atoms with van der Waals surface area (Å²) < 4.78 is 15.1. The van der Waals surface area contributed by atoms with E-state index in [1.54, 1.807) is 0 Å². The van der Waals surface area contributed by atoms with Crippen molar-refractivity contribution in [3.63, 3.8) is 0 Å². The van der Waals surface area contributed by atoms with Gasteiger partial charge in [0.1, 0.15) is 5.82 Å². The van der Waals surface area contributed by atoms with Gasteiger partial charge < -0.3 is 19.7 Å². The molecule has 1 aliphatic heterocycles. The molecule has 0 saturated carbocycles. The summed E-state index contributed by atoms with van der Waals surface area (Å²) >= 11 is 0. The topological polar surface area (TPSA) is 90.5 Å². The maximum absolute atomic E-state index is 11.3. The molecule has 2 heterocycles. The van der Waals surface area contributed by atoms with E-state index in [1.165, 1.54) is 0 Å². The molecule has 6 heteroatoms. The Morgan fingerprint density at radius 1 is 1.29 bits per heavy atom. The van der Waals surface area contributed by atoms with E-state index in [0.717, 1.165) is 5.56 Å². The first-order valence-electron chi connectivity index (χ1n) is 5.08. The highest BCUT2D eigenvalue weighted by Crippen LogP contribution is 2.33. The van der Waals surface area contributed by atoms with Crippen molar-refractivity contribution in [2.45, 2.75) is 6.42 Å². The minimum Gasteiger partial charge on any atom is -0.454 e. The summed E-state index contributed by atoms with van der Waals surface area (Å²) in [6, 6.07) is 5.50. The highest BCUT2D eigenvalue weighted by atomic mass is 16.7. The average Bonchev–Trinajstić information content (AvgIpc) is 2.90. The van der Waals surface area contributed by atoms with E-state index in [1.807, 2.05) is 18.2 Å². The van der Waals surface area contributed by atoms with Crippen LogP contribution in [-0.4, -0.2) is 11.9 Å². The Morgan fingerprint density at radius 3 is 2.88 bits per heavy atom. The molecule has 0 fully saturated rings. The van der Waals surface area contributed by atoms with E-state index in [4.69, 9.17) is 15.2 Å². The Labute approximate surface area is 95.9 Å². The number of nitrogens with one attached hydrogen (secondary N) is 1. The van der Waals surface area contributed by atoms with Crippen LogP contribution >= 0.6 is 0 Å². The summed E-state index contributed by atoms with van der Waals surface area (Å²) in [5.74, 6) is 1.65. The van der Waals surface area contributed by atoms with Gasteiger partial charge in [0.2, 0.25) is 6.79 Å². The summed E-state index contributed by atoms with van der Waals surface area (Å²) in [4.78, 5) is 11.3. The van der Waals surface area contributed by atoms with Gasteiger partial charge in [-0.3, -0.25) is 0 Å². The minimum absolute atomic E-state index is 0.229. The third-order valence-corrected chi connectivity index (χ3v) is 2.64. The predicted molar refractivity (Wildman–Crippen MR) is 59.1 cm³/mol. The number of rotatable bonds is 2. The van der Waals surface area contributed by atoms with Gasteiger partial charge in [0.05, 0.1) is 5.56 Å². The molecule has 1 aromatic carbocycles.